The highest BCUT2D eigenvalue weighted by molar-refractivity contribution is 6.24. The molecule has 1 aliphatic heterocycles. The molecule has 1 unspecified atom stereocenters. The Labute approximate surface area is 93.3 Å². The molecule has 1 aromatic carbocycles. The van der Waals surface area contributed by atoms with Crippen LogP contribution < -0.4 is 4.90 Å². The standard InChI is InChI=1S/C11H12ClNO2/c12-9-5-11(15)13(6-9)10-4-2-1-3-8(10)7-14/h1-4,9,14H,5-7H2. The lowest BCUT2D eigenvalue weighted by molar-refractivity contribution is -0.117. The summed E-state index contributed by atoms with van der Waals surface area (Å²) in [6.45, 7) is 0.463. The van der Waals surface area contributed by atoms with Gasteiger partial charge in [0, 0.05) is 24.2 Å². The first-order chi connectivity index (χ1) is 7.22. The average molecular weight is 226 g/mol. The fourth-order valence-corrected chi connectivity index (χ4v) is 2.07. The van der Waals surface area contributed by atoms with E-state index in [4.69, 9.17) is 16.7 Å². The molecule has 2 rings (SSSR count). The van der Waals surface area contributed by atoms with E-state index in [1.54, 1.807) is 4.90 Å². The maximum Gasteiger partial charge on any atom is 0.228 e. The predicted molar refractivity (Wildman–Crippen MR) is 59.0 cm³/mol. The van der Waals surface area contributed by atoms with E-state index in [1.165, 1.54) is 0 Å². The molecule has 1 N–H and O–H groups in total. The number of rotatable bonds is 2. The summed E-state index contributed by atoms with van der Waals surface area (Å²) >= 11 is 5.92. The Hall–Kier alpha value is -1.06. The summed E-state index contributed by atoms with van der Waals surface area (Å²) in [5.74, 6) is 0.0240. The van der Waals surface area contributed by atoms with Gasteiger partial charge in [-0.15, -0.1) is 11.6 Å². The summed E-state index contributed by atoms with van der Waals surface area (Å²) in [6.07, 6.45) is 0.376. The maximum absolute atomic E-state index is 11.6. The highest BCUT2D eigenvalue weighted by Gasteiger charge is 2.29. The van der Waals surface area contributed by atoms with Gasteiger partial charge in [-0.05, 0) is 6.07 Å². The molecule has 0 spiro atoms. The molecule has 1 heterocycles. The topological polar surface area (TPSA) is 40.5 Å². The Kier molecular flexibility index (Phi) is 2.93. The minimum atomic E-state index is -0.121. The van der Waals surface area contributed by atoms with E-state index in [9.17, 15) is 4.79 Å². The molecule has 1 atom stereocenters. The van der Waals surface area contributed by atoms with Crippen LogP contribution in [-0.4, -0.2) is 22.9 Å². The van der Waals surface area contributed by atoms with Crippen molar-refractivity contribution in [1.29, 1.82) is 0 Å². The lowest BCUT2D eigenvalue weighted by Gasteiger charge is -2.18. The number of aliphatic hydroxyl groups is 1. The van der Waals surface area contributed by atoms with Gasteiger partial charge in [0.2, 0.25) is 5.91 Å². The number of carbonyl (C=O) groups excluding carboxylic acids is 1. The van der Waals surface area contributed by atoms with Crippen LogP contribution in [0.5, 0.6) is 0 Å². The Morgan fingerprint density at radius 1 is 1.47 bits per heavy atom. The van der Waals surface area contributed by atoms with Gasteiger partial charge in [-0.25, -0.2) is 0 Å². The molecule has 1 saturated heterocycles. The number of nitrogens with zero attached hydrogens (tertiary/aromatic N) is 1. The first-order valence-corrected chi connectivity index (χ1v) is 5.29. The minimum absolute atomic E-state index is 0.0240. The maximum atomic E-state index is 11.6. The van der Waals surface area contributed by atoms with Crippen LogP contribution in [0.15, 0.2) is 24.3 Å². The zero-order valence-electron chi connectivity index (χ0n) is 8.19. The molecule has 0 aromatic heterocycles. The third-order valence-electron chi connectivity index (χ3n) is 2.53. The zero-order valence-corrected chi connectivity index (χ0v) is 8.94. The highest BCUT2D eigenvalue weighted by atomic mass is 35.5. The molecule has 0 bridgehead atoms. The largest absolute Gasteiger partial charge is 0.392 e. The second-order valence-corrected chi connectivity index (χ2v) is 4.21. The van der Waals surface area contributed by atoms with Crippen LogP contribution in [0.25, 0.3) is 0 Å². The van der Waals surface area contributed by atoms with Crippen molar-refractivity contribution >= 4 is 23.2 Å². The van der Waals surface area contributed by atoms with Gasteiger partial charge in [0.25, 0.3) is 0 Å². The van der Waals surface area contributed by atoms with Gasteiger partial charge < -0.3 is 10.0 Å². The van der Waals surface area contributed by atoms with Gasteiger partial charge in [0.05, 0.1) is 12.0 Å². The summed E-state index contributed by atoms with van der Waals surface area (Å²) in [5.41, 5.74) is 1.53. The number of hydrogen-bond donors (Lipinski definition) is 1. The van der Waals surface area contributed by atoms with Crippen molar-refractivity contribution in [2.75, 3.05) is 11.4 Å². The molecule has 15 heavy (non-hydrogen) atoms. The smallest absolute Gasteiger partial charge is 0.228 e. The van der Waals surface area contributed by atoms with Gasteiger partial charge in [-0.3, -0.25) is 4.79 Å². The predicted octanol–water partition coefficient (Wildman–Crippen LogP) is 1.52. The Balaban J connectivity index is 2.33. The van der Waals surface area contributed by atoms with E-state index in [1.807, 2.05) is 24.3 Å². The SMILES string of the molecule is O=C1CC(Cl)CN1c1ccccc1CO. The minimum Gasteiger partial charge on any atom is -0.392 e. The Morgan fingerprint density at radius 2 is 2.20 bits per heavy atom. The summed E-state index contributed by atoms with van der Waals surface area (Å²) in [7, 11) is 0. The third kappa shape index (κ3) is 1.98. The molecule has 80 valence electrons. The molecule has 0 radical (unpaired) electrons. The number of hydrogen-bond acceptors (Lipinski definition) is 2. The van der Waals surface area contributed by atoms with E-state index in [2.05, 4.69) is 0 Å². The van der Waals surface area contributed by atoms with E-state index < -0.39 is 0 Å². The first kappa shape index (κ1) is 10.5. The van der Waals surface area contributed by atoms with Crippen LogP contribution in [0, 0.1) is 0 Å². The van der Waals surface area contributed by atoms with Gasteiger partial charge in [-0.1, -0.05) is 18.2 Å². The van der Waals surface area contributed by atoms with Crippen molar-refractivity contribution in [2.45, 2.75) is 18.4 Å². The number of para-hydroxylation sites is 1. The highest BCUT2D eigenvalue weighted by Crippen LogP contribution is 2.27. The summed E-state index contributed by atoms with van der Waals surface area (Å²) in [5, 5.41) is 9.04. The average Bonchev–Trinajstić information content (AvgIpc) is 2.57. The number of halogens is 1. The fraction of sp³-hybridized carbons (Fsp3) is 0.364. The fourth-order valence-electron chi connectivity index (χ4n) is 1.80. The van der Waals surface area contributed by atoms with Crippen molar-refractivity contribution in [3.8, 4) is 0 Å². The molecule has 1 amide bonds. The monoisotopic (exact) mass is 225 g/mol. The zero-order chi connectivity index (χ0) is 10.8. The Morgan fingerprint density at radius 3 is 2.80 bits per heavy atom. The van der Waals surface area contributed by atoms with Crippen LogP contribution in [0.4, 0.5) is 5.69 Å². The Bertz CT molecular complexity index is 381. The van der Waals surface area contributed by atoms with Crippen molar-refractivity contribution < 1.29 is 9.90 Å². The third-order valence-corrected chi connectivity index (χ3v) is 2.82. The summed E-state index contributed by atoms with van der Waals surface area (Å²) < 4.78 is 0. The molecule has 4 heteroatoms. The van der Waals surface area contributed by atoms with Crippen molar-refractivity contribution in [3.05, 3.63) is 29.8 Å². The van der Waals surface area contributed by atoms with Crippen molar-refractivity contribution in [2.24, 2.45) is 0 Å². The lowest BCUT2D eigenvalue weighted by Crippen LogP contribution is -2.25. The van der Waals surface area contributed by atoms with Crippen LogP contribution >= 0.6 is 11.6 Å². The van der Waals surface area contributed by atoms with E-state index in [-0.39, 0.29) is 17.9 Å². The molecule has 3 nitrogen and oxygen atoms in total. The number of carbonyl (C=O) groups is 1. The van der Waals surface area contributed by atoms with Crippen LogP contribution in [0.3, 0.4) is 0 Å². The van der Waals surface area contributed by atoms with Gasteiger partial charge in [0.15, 0.2) is 0 Å². The van der Waals surface area contributed by atoms with Gasteiger partial charge in [0.1, 0.15) is 0 Å². The normalized spacial score (nSPS) is 21.1. The number of amides is 1. The summed E-state index contributed by atoms with van der Waals surface area (Å²) in [6, 6.07) is 7.33. The second kappa shape index (κ2) is 4.21. The van der Waals surface area contributed by atoms with Crippen LogP contribution in [0.1, 0.15) is 12.0 Å². The first-order valence-electron chi connectivity index (χ1n) is 4.85. The van der Waals surface area contributed by atoms with E-state index in [0.717, 1.165) is 11.3 Å². The summed E-state index contributed by atoms with van der Waals surface area (Å²) in [4.78, 5) is 13.3. The van der Waals surface area contributed by atoms with Gasteiger partial charge in [-0.2, -0.15) is 0 Å². The molecular weight excluding hydrogens is 214 g/mol. The quantitative estimate of drug-likeness (QED) is 0.776. The van der Waals surface area contributed by atoms with Crippen molar-refractivity contribution in [3.63, 3.8) is 0 Å². The molecule has 1 aromatic rings. The second-order valence-electron chi connectivity index (χ2n) is 3.59. The van der Waals surface area contributed by atoms with Crippen LogP contribution in [0.2, 0.25) is 0 Å². The van der Waals surface area contributed by atoms with Crippen LogP contribution in [-0.2, 0) is 11.4 Å². The van der Waals surface area contributed by atoms with E-state index in [0.29, 0.717) is 13.0 Å². The van der Waals surface area contributed by atoms with E-state index >= 15 is 0 Å². The number of aliphatic hydroxyl groups excluding tert-OH is 1. The number of benzene rings is 1. The van der Waals surface area contributed by atoms with Crippen molar-refractivity contribution in [1.82, 2.24) is 0 Å². The molecule has 0 aliphatic carbocycles. The molecule has 1 fully saturated rings. The number of alkyl halides is 1. The molecule has 0 saturated carbocycles. The molecule has 1 aliphatic rings. The molecular formula is C11H12ClNO2. The number of anilines is 1. The lowest BCUT2D eigenvalue weighted by atomic mass is 10.2. The van der Waals surface area contributed by atoms with Gasteiger partial charge >= 0.3 is 0 Å².